The van der Waals surface area contributed by atoms with Gasteiger partial charge >= 0.3 is 0 Å². The van der Waals surface area contributed by atoms with Crippen LogP contribution >= 0.6 is 11.8 Å². The third kappa shape index (κ3) is 8.67. The molecule has 4 aromatic carbocycles. The number of carbonyl (C=O) groups excluding carboxylic acids is 4. The Kier molecular flexibility index (Phi) is 11.4. The largest absolute Gasteiger partial charge is 0.493 e. The van der Waals surface area contributed by atoms with Gasteiger partial charge in [-0.2, -0.15) is 0 Å². The van der Waals surface area contributed by atoms with Crippen molar-refractivity contribution in [1.29, 1.82) is 0 Å². The van der Waals surface area contributed by atoms with Gasteiger partial charge in [0.1, 0.15) is 5.70 Å². The number of benzene rings is 4. The fourth-order valence-electron chi connectivity index (χ4n) is 4.30. The summed E-state index contributed by atoms with van der Waals surface area (Å²) >= 11 is 1.23. The first kappa shape index (κ1) is 33.1. The number of carbonyl (C=O) groups is 4. The number of amides is 4. The molecular weight excluding hydrogens is 608 g/mol. The summed E-state index contributed by atoms with van der Waals surface area (Å²) in [5, 5.41) is 8.21. The number of methoxy groups -OCH3 is 3. The number of hydrogen-bond donors (Lipinski definition) is 4. The average molecular weight is 641 g/mol. The monoisotopic (exact) mass is 640 g/mol. The van der Waals surface area contributed by atoms with Crippen molar-refractivity contribution in [2.45, 2.75) is 4.90 Å². The lowest BCUT2D eigenvalue weighted by molar-refractivity contribution is -0.114. The third-order valence-electron chi connectivity index (χ3n) is 6.46. The van der Waals surface area contributed by atoms with E-state index in [-0.39, 0.29) is 22.9 Å². The molecule has 4 rings (SSSR count). The molecule has 0 aliphatic heterocycles. The molecule has 0 heterocycles. The minimum absolute atomic E-state index is 0.0317. The van der Waals surface area contributed by atoms with E-state index in [4.69, 9.17) is 19.9 Å². The van der Waals surface area contributed by atoms with E-state index >= 15 is 0 Å². The van der Waals surface area contributed by atoms with Crippen molar-refractivity contribution in [3.05, 3.63) is 113 Å². The second kappa shape index (κ2) is 15.8. The number of rotatable bonds is 13. The molecular formula is C34H32N4O7S. The highest BCUT2D eigenvalue weighted by Crippen LogP contribution is 2.38. The van der Waals surface area contributed by atoms with Gasteiger partial charge in [0.15, 0.2) is 11.5 Å². The fraction of sp³-hybridized carbons (Fsp3) is 0.118. The highest BCUT2D eigenvalue weighted by molar-refractivity contribution is 8.00. The molecule has 0 spiro atoms. The van der Waals surface area contributed by atoms with Crippen molar-refractivity contribution in [1.82, 2.24) is 5.32 Å². The molecule has 4 amide bonds. The Hall–Kier alpha value is -5.75. The maximum atomic E-state index is 13.6. The van der Waals surface area contributed by atoms with Gasteiger partial charge in [0.05, 0.1) is 38.3 Å². The molecule has 0 fully saturated rings. The van der Waals surface area contributed by atoms with Gasteiger partial charge in [0.2, 0.25) is 11.7 Å². The lowest BCUT2D eigenvalue weighted by Crippen LogP contribution is -2.30. The lowest BCUT2D eigenvalue weighted by atomic mass is 10.1. The van der Waals surface area contributed by atoms with E-state index < -0.39 is 17.7 Å². The molecule has 0 unspecified atom stereocenters. The van der Waals surface area contributed by atoms with E-state index in [1.165, 1.54) is 45.2 Å². The number of nitrogens with two attached hydrogens (primary N) is 1. The van der Waals surface area contributed by atoms with Crippen molar-refractivity contribution in [3.63, 3.8) is 0 Å². The Morgan fingerprint density at radius 2 is 1.46 bits per heavy atom. The third-order valence-corrected chi connectivity index (χ3v) is 7.45. The summed E-state index contributed by atoms with van der Waals surface area (Å²) in [7, 11) is 4.44. The number of ether oxygens (including phenoxy) is 3. The van der Waals surface area contributed by atoms with Crippen molar-refractivity contribution in [2.24, 2.45) is 5.73 Å². The summed E-state index contributed by atoms with van der Waals surface area (Å²) in [6.45, 7) is 0. The van der Waals surface area contributed by atoms with Crippen LogP contribution in [0.2, 0.25) is 0 Å². The Bertz CT molecular complexity index is 1750. The predicted molar refractivity (Wildman–Crippen MR) is 177 cm³/mol. The van der Waals surface area contributed by atoms with Crippen LogP contribution in [0, 0.1) is 0 Å². The van der Waals surface area contributed by atoms with Crippen LogP contribution < -0.4 is 35.9 Å². The molecule has 11 nitrogen and oxygen atoms in total. The molecule has 0 aliphatic carbocycles. The summed E-state index contributed by atoms with van der Waals surface area (Å²) in [5.74, 6) is -0.921. The number of para-hydroxylation sites is 1. The van der Waals surface area contributed by atoms with Gasteiger partial charge in [-0.05, 0) is 66.2 Å². The van der Waals surface area contributed by atoms with Crippen LogP contribution in [0.15, 0.2) is 102 Å². The number of primary amides is 1. The van der Waals surface area contributed by atoms with Gasteiger partial charge < -0.3 is 35.9 Å². The van der Waals surface area contributed by atoms with Crippen LogP contribution in [0.1, 0.15) is 26.3 Å². The number of anilines is 2. The zero-order valence-corrected chi connectivity index (χ0v) is 26.1. The SMILES string of the molecule is COc1cc(/C=C(/NC(=O)c2ccccc2)C(=O)Nc2cccc(SCC(=O)Nc3ccccc3C(N)=O)c2)cc(OC)c1OC. The molecule has 5 N–H and O–H groups in total. The Balaban J connectivity index is 1.54. The van der Waals surface area contributed by atoms with Crippen LogP contribution in [0.4, 0.5) is 11.4 Å². The number of hydrogen-bond acceptors (Lipinski definition) is 8. The van der Waals surface area contributed by atoms with E-state index in [1.54, 1.807) is 84.9 Å². The maximum Gasteiger partial charge on any atom is 0.272 e. The lowest BCUT2D eigenvalue weighted by Gasteiger charge is -2.15. The molecule has 4 aromatic rings. The maximum absolute atomic E-state index is 13.6. The van der Waals surface area contributed by atoms with Gasteiger partial charge in [-0.3, -0.25) is 19.2 Å². The predicted octanol–water partition coefficient (Wildman–Crippen LogP) is 4.95. The van der Waals surface area contributed by atoms with Crippen molar-refractivity contribution in [3.8, 4) is 17.2 Å². The molecule has 12 heteroatoms. The molecule has 0 radical (unpaired) electrons. The van der Waals surface area contributed by atoms with Crippen LogP contribution in [0.5, 0.6) is 17.2 Å². The van der Waals surface area contributed by atoms with Gasteiger partial charge in [-0.15, -0.1) is 11.8 Å². The summed E-state index contributed by atoms with van der Waals surface area (Å²) in [6, 6.07) is 25.1. The summed E-state index contributed by atoms with van der Waals surface area (Å²) in [5.41, 5.74) is 7.18. The van der Waals surface area contributed by atoms with Gasteiger partial charge in [0, 0.05) is 16.1 Å². The summed E-state index contributed by atoms with van der Waals surface area (Å²) in [6.07, 6.45) is 1.49. The molecule has 236 valence electrons. The summed E-state index contributed by atoms with van der Waals surface area (Å²) in [4.78, 5) is 51.6. The summed E-state index contributed by atoms with van der Waals surface area (Å²) < 4.78 is 16.3. The van der Waals surface area contributed by atoms with E-state index in [2.05, 4.69) is 16.0 Å². The smallest absolute Gasteiger partial charge is 0.272 e. The van der Waals surface area contributed by atoms with Crippen LogP contribution in [-0.2, 0) is 9.59 Å². The topological polar surface area (TPSA) is 158 Å². The van der Waals surface area contributed by atoms with Crippen molar-refractivity contribution in [2.75, 3.05) is 37.7 Å². The average Bonchev–Trinajstić information content (AvgIpc) is 3.07. The zero-order chi connectivity index (χ0) is 33.1. The molecule has 0 saturated heterocycles. The molecule has 0 bridgehead atoms. The molecule has 0 aliphatic rings. The van der Waals surface area contributed by atoms with Gasteiger partial charge in [0.25, 0.3) is 17.7 Å². The van der Waals surface area contributed by atoms with Crippen LogP contribution in [0.3, 0.4) is 0 Å². The Morgan fingerprint density at radius 1 is 0.783 bits per heavy atom. The molecule has 46 heavy (non-hydrogen) atoms. The van der Waals surface area contributed by atoms with E-state index in [0.29, 0.717) is 44.6 Å². The standard InChI is InChI=1S/C34H32N4O7S/c1-43-28-17-21(18-29(44-2)31(28)45-3)16-27(38-33(41)22-10-5-4-6-11-22)34(42)36-23-12-9-13-24(19-23)46-20-30(39)37-26-15-8-7-14-25(26)32(35)40/h4-19H,20H2,1-3H3,(H2,35,40)(H,36,42)(H,37,39)(H,38,41)/b27-16+. The Morgan fingerprint density at radius 3 is 2.11 bits per heavy atom. The normalized spacial score (nSPS) is 10.8. The first-order chi connectivity index (χ1) is 22.2. The quantitative estimate of drug-likeness (QED) is 0.118. The highest BCUT2D eigenvalue weighted by Gasteiger charge is 2.18. The second-order valence-corrected chi connectivity index (χ2v) is 10.6. The number of thioether (sulfide) groups is 1. The number of nitrogens with one attached hydrogen (secondary N) is 3. The minimum Gasteiger partial charge on any atom is -0.493 e. The van der Waals surface area contributed by atoms with E-state index in [0.717, 1.165) is 0 Å². The molecule has 0 atom stereocenters. The van der Waals surface area contributed by atoms with Crippen molar-refractivity contribution < 1.29 is 33.4 Å². The molecule has 0 aromatic heterocycles. The van der Waals surface area contributed by atoms with Crippen molar-refractivity contribution >= 4 is 52.8 Å². The highest BCUT2D eigenvalue weighted by atomic mass is 32.2. The first-order valence-electron chi connectivity index (χ1n) is 13.8. The minimum atomic E-state index is -0.648. The molecule has 0 saturated carbocycles. The van der Waals surface area contributed by atoms with Crippen LogP contribution in [0.25, 0.3) is 6.08 Å². The first-order valence-corrected chi connectivity index (χ1v) is 14.8. The van der Waals surface area contributed by atoms with E-state index in [1.807, 2.05) is 0 Å². The Labute approximate surface area is 270 Å². The fourth-order valence-corrected chi connectivity index (χ4v) is 5.05. The second-order valence-electron chi connectivity index (χ2n) is 9.57. The van der Waals surface area contributed by atoms with Gasteiger partial charge in [-0.25, -0.2) is 0 Å². The van der Waals surface area contributed by atoms with Gasteiger partial charge in [-0.1, -0.05) is 36.4 Å². The van der Waals surface area contributed by atoms with Crippen LogP contribution in [-0.4, -0.2) is 50.7 Å². The van der Waals surface area contributed by atoms with E-state index in [9.17, 15) is 19.2 Å². The zero-order valence-electron chi connectivity index (χ0n) is 25.3.